The van der Waals surface area contributed by atoms with E-state index in [2.05, 4.69) is 129 Å². The molecule has 69 heavy (non-hydrogen) atoms. The van der Waals surface area contributed by atoms with Crippen LogP contribution in [0.3, 0.4) is 0 Å². The van der Waals surface area contributed by atoms with E-state index in [0.717, 1.165) is 83.5 Å². The Hall–Kier alpha value is -2.95. The Labute approximate surface area is 429 Å². The Bertz CT molecular complexity index is 1310. The molecule has 4 nitrogen and oxygen atoms in total. The van der Waals surface area contributed by atoms with Gasteiger partial charge in [0.05, 0.1) is 18.8 Å². The highest BCUT2D eigenvalue weighted by Crippen LogP contribution is 2.17. The smallest absolute Gasteiger partial charge is 0.220 e. The van der Waals surface area contributed by atoms with Crippen LogP contribution in [0.4, 0.5) is 0 Å². The lowest BCUT2D eigenvalue weighted by molar-refractivity contribution is -0.123. The van der Waals surface area contributed by atoms with Crippen molar-refractivity contribution in [3.8, 4) is 0 Å². The van der Waals surface area contributed by atoms with Gasteiger partial charge in [-0.25, -0.2) is 0 Å². The number of carbonyl (C=O) groups excluding carboxylic acids is 1. The topological polar surface area (TPSA) is 69.6 Å². The lowest BCUT2D eigenvalue weighted by atomic mass is 10.0. The summed E-state index contributed by atoms with van der Waals surface area (Å²) in [5.74, 6) is -0.0365. The zero-order valence-electron chi connectivity index (χ0n) is 45.5. The Balaban J connectivity index is 3.55. The molecule has 0 fully saturated rings. The fourth-order valence-corrected chi connectivity index (χ4v) is 8.59. The maximum absolute atomic E-state index is 12.5. The summed E-state index contributed by atoms with van der Waals surface area (Å²) in [7, 11) is 0. The molecule has 0 bridgehead atoms. The number of nitrogens with one attached hydrogen (secondary N) is 1. The fourth-order valence-electron chi connectivity index (χ4n) is 8.59. The number of unbranched alkanes of at least 4 members (excludes halogenated alkanes) is 28. The van der Waals surface area contributed by atoms with Crippen molar-refractivity contribution in [3.63, 3.8) is 0 Å². The van der Waals surface area contributed by atoms with Crippen LogP contribution in [0.2, 0.25) is 0 Å². The second kappa shape index (κ2) is 59.4. The normalized spacial score (nSPS) is 13.6. The van der Waals surface area contributed by atoms with E-state index < -0.39 is 12.1 Å². The number of amides is 1. The number of carbonyl (C=O) groups is 1. The molecule has 0 aliphatic heterocycles. The summed E-state index contributed by atoms with van der Waals surface area (Å²) >= 11 is 0. The fraction of sp³-hybridized carbons (Fsp3) is 0.708. The predicted octanol–water partition coefficient (Wildman–Crippen LogP) is 19.9. The highest BCUT2D eigenvalue weighted by Gasteiger charge is 2.20. The van der Waals surface area contributed by atoms with Crippen LogP contribution in [0.25, 0.3) is 0 Å². The average Bonchev–Trinajstić information content (AvgIpc) is 3.35. The summed E-state index contributed by atoms with van der Waals surface area (Å²) in [5, 5.41) is 23.3. The van der Waals surface area contributed by atoms with Gasteiger partial charge >= 0.3 is 0 Å². The number of hydrogen-bond acceptors (Lipinski definition) is 3. The molecule has 2 unspecified atom stereocenters. The molecule has 0 rings (SSSR count). The van der Waals surface area contributed by atoms with Gasteiger partial charge in [0.15, 0.2) is 0 Å². The molecule has 0 saturated carbocycles. The molecular formula is C65H113NO3. The van der Waals surface area contributed by atoms with Gasteiger partial charge in [-0.2, -0.15) is 0 Å². The molecule has 3 N–H and O–H groups in total. The molecular weight excluding hydrogens is 843 g/mol. The standard InChI is InChI=1S/C65H113NO3/c1-3-5-7-9-11-13-15-17-19-21-23-24-25-26-27-28-29-30-31-32-33-34-35-36-37-38-39-40-41-42-43-45-47-49-51-53-55-57-59-61-65(69)66-63(62-67)64(68)60-58-56-54-52-50-48-46-44-22-20-18-16-14-12-10-8-6-4-2/h5,7,11,13,17,19,23-24,26-27,29-30,32-33,35-36,38-39,63-64,67-68H,3-4,6,8-10,12,14-16,18,20-22,25,28,31,34,37,40-62H2,1-2H3,(H,66,69)/b7-5-,13-11-,19-17-,24-23-,27-26-,30-29-,33-32-,36-35-,39-38-. The Morgan fingerprint density at radius 1 is 0.362 bits per heavy atom. The summed E-state index contributed by atoms with van der Waals surface area (Å²) in [4.78, 5) is 12.5. The first kappa shape index (κ1) is 66.0. The minimum Gasteiger partial charge on any atom is -0.394 e. The molecule has 0 spiro atoms. The summed E-state index contributed by atoms with van der Waals surface area (Å²) in [6.45, 7) is 4.25. The minimum atomic E-state index is -0.667. The maximum atomic E-state index is 12.5. The Morgan fingerprint density at radius 2 is 0.638 bits per heavy atom. The van der Waals surface area contributed by atoms with Gasteiger partial charge in [-0.05, 0) is 83.5 Å². The molecule has 0 radical (unpaired) electrons. The van der Waals surface area contributed by atoms with E-state index in [0.29, 0.717) is 12.8 Å². The van der Waals surface area contributed by atoms with E-state index in [1.807, 2.05) is 0 Å². The summed E-state index contributed by atoms with van der Waals surface area (Å²) in [6, 6.07) is -0.545. The van der Waals surface area contributed by atoms with Crippen LogP contribution < -0.4 is 5.32 Å². The number of rotatable bonds is 53. The average molecular weight is 957 g/mol. The van der Waals surface area contributed by atoms with Crippen molar-refractivity contribution >= 4 is 5.91 Å². The van der Waals surface area contributed by atoms with E-state index >= 15 is 0 Å². The second-order valence-electron chi connectivity index (χ2n) is 19.7. The van der Waals surface area contributed by atoms with Crippen molar-refractivity contribution in [1.29, 1.82) is 0 Å². The van der Waals surface area contributed by atoms with E-state index in [4.69, 9.17) is 0 Å². The monoisotopic (exact) mass is 956 g/mol. The molecule has 396 valence electrons. The molecule has 0 heterocycles. The van der Waals surface area contributed by atoms with Crippen molar-refractivity contribution in [2.45, 2.75) is 289 Å². The summed E-state index contributed by atoms with van der Waals surface area (Å²) in [6.07, 6.45) is 89.3. The van der Waals surface area contributed by atoms with Gasteiger partial charge in [0.25, 0.3) is 0 Å². The maximum Gasteiger partial charge on any atom is 0.220 e. The quantitative estimate of drug-likeness (QED) is 0.0420. The van der Waals surface area contributed by atoms with Crippen LogP contribution in [0.1, 0.15) is 277 Å². The third-order valence-corrected chi connectivity index (χ3v) is 13.0. The molecule has 0 aromatic carbocycles. The van der Waals surface area contributed by atoms with Gasteiger partial charge in [0, 0.05) is 6.42 Å². The predicted molar refractivity (Wildman–Crippen MR) is 308 cm³/mol. The molecule has 0 aromatic heterocycles. The SMILES string of the molecule is CC/C=C\C/C=C\C/C=C\C/C=C\C/C=C\C/C=C\C/C=C\C/C=C\C/C=C\CCCCCCCCCCCCCC(=O)NC(CO)C(O)CCCCCCCCCCCCCCCCCCCC. The van der Waals surface area contributed by atoms with Crippen molar-refractivity contribution < 1.29 is 15.0 Å². The second-order valence-corrected chi connectivity index (χ2v) is 19.7. The lowest BCUT2D eigenvalue weighted by Gasteiger charge is -2.22. The zero-order valence-corrected chi connectivity index (χ0v) is 45.5. The van der Waals surface area contributed by atoms with Crippen LogP contribution in [-0.4, -0.2) is 34.9 Å². The van der Waals surface area contributed by atoms with Crippen LogP contribution in [0.15, 0.2) is 109 Å². The number of aliphatic hydroxyl groups is 2. The number of aliphatic hydroxyl groups excluding tert-OH is 2. The molecule has 0 aromatic rings. The van der Waals surface area contributed by atoms with Crippen LogP contribution in [0.5, 0.6) is 0 Å². The number of hydrogen-bond donors (Lipinski definition) is 3. The first-order chi connectivity index (χ1) is 34.2. The van der Waals surface area contributed by atoms with Crippen LogP contribution in [0, 0.1) is 0 Å². The molecule has 4 heteroatoms. The van der Waals surface area contributed by atoms with Crippen LogP contribution >= 0.6 is 0 Å². The molecule has 0 aliphatic carbocycles. The van der Waals surface area contributed by atoms with Gasteiger partial charge in [-0.3, -0.25) is 4.79 Å². The van der Waals surface area contributed by atoms with Gasteiger partial charge in [0.2, 0.25) is 5.91 Å². The Morgan fingerprint density at radius 3 is 0.957 bits per heavy atom. The van der Waals surface area contributed by atoms with Gasteiger partial charge in [0.1, 0.15) is 0 Å². The first-order valence-corrected chi connectivity index (χ1v) is 29.6. The van der Waals surface area contributed by atoms with E-state index in [9.17, 15) is 15.0 Å². The molecule has 0 saturated heterocycles. The Kier molecular flexibility index (Phi) is 56.8. The zero-order chi connectivity index (χ0) is 49.9. The van der Waals surface area contributed by atoms with Gasteiger partial charge in [-0.15, -0.1) is 0 Å². The van der Waals surface area contributed by atoms with Gasteiger partial charge in [-0.1, -0.05) is 297 Å². The van der Waals surface area contributed by atoms with Crippen molar-refractivity contribution in [1.82, 2.24) is 5.32 Å². The van der Waals surface area contributed by atoms with E-state index in [1.165, 1.54) is 167 Å². The summed E-state index contributed by atoms with van der Waals surface area (Å²) in [5.41, 5.74) is 0. The highest BCUT2D eigenvalue weighted by atomic mass is 16.3. The van der Waals surface area contributed by atoms with Gasteiger partial charge < -0.3 is 15.5 Å². The van der Waals surface area contributed by atoms with Crippen molar-refractivity contribution in [2.75, 3.05) is 6.61 Å². The largest absolute Gasteiger partial charge is 0.394 e. The van der Waals surface area contributed by atoms with Crippen molar-refractivity contribution in [3.05, 3.63) is 109 Å². The van der Waals surface area contributed by atoms with E-state index in [-0.39, 0.29) is 12.5 Å². The third-order valence-electron chi connectivity index (χ3n) is 13.0. The first-order valence-electron chi connectivity index (χ1n) is 29.6. The van der Waals surface area contributed by atoms with Crippen molar-refractivity contribution in [2.24, 2.45) is 0 Å². The minimum absolute atomic E-state index is 0.0365. The summed E-state index contributed by atoms with van der Waals surface area (Å²) < 4.78 is 0. The lowest BCUT2D eigenvalue weighted by Crippen LogP contribution is -2.45. The molecule has 2 atom stereocenters. The molecule has 1 amide bonds. The van der Waals surface area contributed by atoms with E-state index in [1.54, 1.807) is 0 Å². The highest BCUT2D eigenvalue weighted by molar-refractivity contribution is 5.76. The number of allylic oxidation sites excluding steroid dienone is 18. The van der Waals surface area contributed by atoms with Crippen LogP contribution in [-0.2, 0) is 4.79 Å². The molecule has 0 aliphatic rings. The third kappa shape index (κ3) is 55.8.